The van der Waals surface area contributed by atoms with Gasteiger partial charge < -0.3 is 10.4 Å². The summed E-state index contributed by atoms with van der Waals surface area (Å²) in [6, 6.07) is 0.784. The lowest BCUT2D eigenvalue weighted by Crippen LogP contribution is -2.40. The average Bonchev–Trinajstić information content (AvgIpc) is 2.16. The van der Waals surface area contributed by atoms with E-state index in [1.807, 2.05) is 6.92 Å². The topological polar surface area (TPSA) is 90.2 Å². The summed E-state index contributed by atoms with van der Waals surface area (Å²) in [6.45, 7) is 1.98. The summed E-state index contributed by atoms with van der Waals surface area (Å²) in [4.78, 5) is 21.7. The third-order valence-corrected chi connectivity index (χ3v) is 2.56. The van der Waals surface area contributed by atoms with Gasteiger partial charge in [0, 0.05) is 0 Å². The number of hydrogen-bond donors (Lipinski definition) is 2. The number of carboxylic acids is 1. The Hall–Kier alpha value is -1.22. The Bertz CT molecular complexity index is 263. The highest BCUT2D eigenvalue weighted by molar-refractivity contribution is 7.99. The van der Waals surface area contributed by atoms with Crippen molar-refractivity contribution in [2.45, 2.75) is 25.8 Å². The highest BCUT2D eigenvalue weighted by Gasteiger charge is 2.18. The van der Waals surface area contributed by atoms with Crippen molar-refractivity contribution >= 4 is 23.6 Å². The van der Waals surface area contributed by atoms with E-state index in [0.717, 1.165) is 5.75 Å². The highest BCUT2D eigenvalue weighted by Crippen LogP contribution is 2.04. The summed E-state index contributed by atoms with van der Waals surface area (Å²) in [5, 5.41) is 19.3. The number of nitrogens with zero attached hydrogens (tertiary/aromatic N) is 1. The van der Waals surface area contributed by atoms with E-state index in [1.54, 1.807) is 17.8 Å². The first kappa shape index (κ1) is 13.8. The normalized spacial score (nSPS) is 11.5. The molecule has 0 spiro atoms. The lowest BCUT2D eigenvalue weighted by atomic mass is 10.2. The van der Waals surface area contributed by atoms with Crippen molar-refractivity contribution in [2.75, 3.05) is 11.5 Å². The molecule has 0 aliphatic rings. The van der Waals surface area contributed by atoms with Crippen molar-refractivity contribution in [1.29, 1.82) is 5.26 Å². The molecular formula is C9H14N2O3S. The van der Waals surface area contributed by atoms with E-state index in [0.29, 0.717) is 12.2 Å². The maximum Gasteiger partial charge on any atom is 0.326 e. The number of carbonyl (C=O) groups excluding carboxylic acids is 1. The molecular weight excluding hydrogens is 216 g/mol. The Labute approximate surface area is 92.8 Å². The molecule has 0 bridgehead atoms. The van der Waals surface area contributed by atoms with Crippen LogP contribution in [0.4, 0.5) is 0 Å². The first-order valence-corrected chi connectivity index (χ1v) is 5.74. The van der Waals surface area contributed by atoms with E-state index in [-0.39, 0.29) is 6.42 Å². The number of carboxylic acid groups (broad SMARTS) is 1. The second kappa shape index (κ2) is 8.12. The SMILES string of the molecule is CCSCCC(NC(=O)CC#N)C(=O)O. The summed E-state index contributed by atoms with van der Waals surface area (Å²) in [7, 11) is 0. The molecule has 1 unspecified atom stereocenters. The zero-order valence-electron chi connectivity index (χ0n) is 8.52. The average molecular weight is 230 g/mol. The molecule has 84 valence electrons. The van der Waals surface area contributed by atoms with E-state index in [4.69, 9.17) is 10.4 Å². The zero-order valence-corrected chi connectivity index (χ0v) is 9.34. The maximum atomic E-state index is 11.0. The molecule has 0 aliphatic heterocycles. The van der Waals surface area contributed by atoms with Gasteiger partial charge >= 0.3 is 5.97 Å². The van der Waals surface area contributed by atoms with Crippen LogP contribution in [-0.2, 0) is 9.59 Å². The predicted octanol–water partition coefficient (Wildman–Crippen LogP) is 0.613. The lowest BCUT2D eigenvalue weighted by molar-refractivity contribution is -0.141. The van der Waals surface area contributed by atoms with Crippen molar-refractivity contribution in [3.05, 3.63) is 0 Å². The smallest absolute Gasteiger partial charge is 0.326 e. The van der Waals surface area contributed by atoms with Crippen LogP contribution in [0.5, 0.6) is 0 Å². The first-order chi connectivity index (χ1) is 7.11. The van der Waals surface area contributed by atoms with Crippen LogP contribution in [0.2, 0.25) is 0 Å². The van der Waals surface area contributed by atoms with Gasteiger partial charge in [-0.1, -0.05) is 6.92 Å². The molecule has 0 aromatic carbocycles. The second-order valence-corrected chi connectivity index (χ2v) is 4.17. The monoisotopic (exact) mass is 230 g/mol. The summed E-state index contributed by atoms with van der Waals surface area (Å²) < 4.78 is 0. The standard InChI is InChI=1S/C9H14N2O3S/c1-2-15-6-4-7(9(13)14)11-8(12)3-5-10/h7H,2-4,6H2,1H3,(H,11,12)(H,13,14). The fourth-order valence-electron chi connectivity index (χ4n) is 0.920. The molecule has 1 amide bonds. The Kier molecular flexibility index (Phi) is 7.46. The van der Waals surface area contributed by atoms with Crippen molar-refractivity contribution in [1.82, 2.24) is 5.32 Å². The zero-order chi connectivity index (χ0) is 11.7. The Morgan fingerprint density at radius 1 is 1.60 bits per heavy atom. The first-order valence-electron chi connectivity index (χ1n) is 4.58. The second-order valence-electron chi connectivity index (χ2n) is 2.78. The van der Waals surface area contributed by atoms with Crippen LogP contribution >= 0.6 is 11.8 Å². The van der Waals surface area contributed by atoms with Gasteiger partial charge in [-0.3, -0.25) is 4.79 Å². The van der Waals surface area contributed by atoms with Gasteiger partial charge in [-0.2, -0.15) is 17.0 Å². The number of hydrogen-bond acceptors (Lipinski definition) is 4. The molecule has 1 atom stereocenters. The van der Waals surface area contributed by atoms with Gasteiger partial charge in [0.15, 0.2) is 0 Å². The summed E-state index contributed by atoms with van der Waals surface area (Å²) in [5.41, 5.74) is 0. The van der Waals surface area contributed by atoms with E-state index >= 15 is 0 Å². The van der Waals surface area contributed by atoms with Gasteiger partial charge in [-0.25, -0.2) is 4.79 Å². The third-order valence-electron chi connectivity index (χ3n) is 1.63. The van der Waals surface area contributed by atoms with Gasteiger partial charge in [0.25, 0.3) is 0 Å². The largest absolute Gasteiger partial charge is 0.480 e. The van der Waals surface area contributed by atoms with Gasteiger partial charge in [-0.15, -0.1) is 0 Å². The van der Waals surface area contributed by atoms with E-state index in [2.05, 4.69) is 5.32 Å². The minimum absolute atomic E-state index is 0.301. The van der Waals surface area contributed by atoms with Gasteiger partial charge in [0.2, 0.25) is 5.91 Å². The number of nitrogens with one attached hydrogen (secondary N) is 1. The van der Waals surface area contributed by atoms with Crippen LogP contribution in [-0.4, -0.2) is 34.5 Å². The molecule has 15 heavy (non-hydrogen) atoms. The Balaban J connectivity index is 4.00. The van der Waals surface area contributed by atoms with E-state index in [9.17, 15) is 9.59 Å². The van der Waals surface area contributed by atoms with Crippen molar-refractivity contribution in [2.24, 2.45) is 0 Å². The minimum atomic E-state index is -1.06. The van der Waals surface area contributed by atoms with Crippen LogP contribution in [0, 0.1) is 11.3 Å². The molecule has 0 rings (SSSR count). The molecule has 0 saturated heterocycles. The van der Waals surface area contributed by atoms with Crippen LogP contribution in [0.3, 0.4) is 0 Å². The summed E-state index contributed by atoms with van der Waals surface area (Å²) >= 11 is 1.61. The summed E-state index contributed by atoms with van der Waals surface area (Å²) in [5.74, 6) is 0.00286. The number of carbonyl (C=O) groups is 2. The van der Waals surface area contributed by atoms with Gasteiger partial charge in [-0.05, 0) is 17.9 Å². The molecule has 0 saturated carbocycles. The number of amides is 1. The number of aliphatic carboxylic acids is 1. The number of thioether (sulfide) groups is 1. The molecule has 6 heteroatoms. The predicted molar refractivity (Wildman–Crippen MR) is 57.4 cm³/mol. The van der Waals surface area contributed by atoms with Crippen LogP contribution in [0.15, 0.2) is 0 Å². The Morgan fingerprint density at radius 3 is 2.73 bits per heavy atom. The summed E-state index contributed by atoms with van der Waals surface area (Å²) in [6.07, 6.45) is 0.0791. The Morgan fingerprint density at radius 2 is 2.27 bits per heavy atom. The number of rotatable bonds is 7. The van der Waals surface area contributed by atoms with Crippen molar-refractivity contribution in [3.63, 3.8) is 0 Å². The maximum absolute atomic E-state index is 11.0. The molecule has 0 aromatic rings. The number of nitriles is 1. The van der Waals surface area contributed by atoms with Gasteiger partial charge in [0.1, 0.15) is 12.5 Å². The van der Waals surface area contributed by atoms with Crippen molar-refractivity contribution < 1.29 is 14.7 Å². The third kappa shape index (κ3) is 6.80. The molecule has 0 heterocycles. The lowest BCUT2D eigenvalue weighted by Gasteiger charge is -2.12. The fourth-order valence-corrected chi connectivity index (χ4v) is 1.61. The van der Waals surface area contributed by atoms with E-state index < -0.39 is 17.9 Å². The highest BCUT2D eigenvalue weighted by atomic mass is 32.2. The quantitative estimate of drug-likeness (QED) is 0.625. The van der Waals surface area contributed by atoms with Crippen LogP contribution in [0.25, 0.3) is 0 Å². The van der Waals surface area contributed by atoms with Crippen molar-refractivity contribution in [3.8, 4) is 6.07 Å². The molecule has 0 aliphatic carbocycles. The van der Waals surface area contributed by atoms with Crippen LogP contribution < -0.4 is 5.32 Å². The van der Waals surface area contributed by atoms with Crippen LogP contribution in [0.1, 0.15) is 19.8 Å². The minimum Gasteiger partial charge on any atom is -0.480 e. The fraction of sp³-hybridized carbons (Fsp3) is 0.667. The molecule has 2 N–H and O–H groups in total. The molecule has 5 nitrogen and oxygen atoms in total. The molecule has 0 fully saturated rings. The molecule has 0 aromatic heterocycles. The molecule has 0 radical (unpaired) electrons. The van der Waals surface area contributed by atoms with E-state index in [1.165, 1.54) is 0 Å². The van der Waals surface area contributed by atoms with Gasteiger partial charge in [0.05, 0.1) is 6.07 Å².